The van der Waals surface area contributed by atoms with Crippen LogP contribution in [0.15, 0.2) is 42.5 Å². The summed E-state index contributed by atoms with van der Waals surface area (Å²) in [6.45, 7) is 4.47. The van der Waals surface area contributed by atoms with Crippen molar-refractivity contribution in [2.24, 2.45) is 0 Å². The highest BCUT2D eigenvalue weighted by atomic mass is 19.1. The van der Waals surface area contributed by atoms with Crippen molar-refractivity contribution < 1.29 is 8.78 Å². The summed E-state index contributed by atoms with van der Waals surface area (Å²) in [7, 11) is 0. The smallest absolute Gasteiger partial charge is 0.131 e. The molecule has 20 heavy (non-hydrogen) atoms. The number of rotatable bonds is 5. The number of hydrogen-bond donors (Lipinski definition) is 1. The fraction of sp³-hybridized carbons (Fsp3) is 0.294. The maximum Gasteiger partial charge on any atom is 0.131 e. The zero-order valence-electron chi connectivity index (χ0n) is 11.8. The van der Waals surface area contributed by atoms with Gasteiger partial charge in [0, 0.05) is 17.8 Å². The first-order chi connectivity index (χ1) is 9.61. The molecule has 1 nitrogen and oxygen atoms in total. The lowest BCUT2D eigenvalue weighted by Gasteiger charge is -2.11. The van der Waals surface area contributed by atoms with Crippen LogP contribution in [0, 0.1) is 11.6 Å². The molecule has 2 aromatic rings. The molecule has 0 aliphatic heterocycles. The zero-order valence-corrected chi connectivity index (χ0v) is 11.8. The summed E-state index contributed by atoms with van der Waals surface area (Å²) in [5.74, 6) is -0.518. The van der Waals surface area contributed by atoms with Gasteiger partial charge >= 0.3 is 0 Å². The van der Waals surface area contributed by atoms with Gasteiger partial charge in [0.2, 0.25) is 0 Å². The topological polar surface area (TPSA) is 12.0 Å². The first-order valence-corrected chi connectivity index (χ1v) is 6.88. The fourth-order valence-electron chi connectivity index (χ4n) is 2.06. The molecule has 1 unspecified atom stereocenters. The van der Waals surface area contributed by atoms with Crippen LogP contribution in [0.2, 0.25) is 0 Å². The van der Waals surface area contributed by atoms with Crippen LogP contribution in [0.1, 0.15) is 37.3 Å². The molecule has 0 aliphatic carbocycles. The average molecular weight is 275 g/mol. The van der Waals surface area contributed by atoms with Crippen LogP contribution in [0.3, 0.4) is 0 Å². The Morgan fingerprint density at radius 3 is 2.15 bits per heavy atom. The third kappa shape index (κ3) is 3.35. The minimum Gasteiger partial charge on any atom is -0.381 e. The Balaban J connectivity index is 2.04. The van der Waals surface area contributed by atoms with E-state index in [1.54, 1.807) is 0 Å². The number of benzene rings is 2. The van der Waals surface area contributed by atoms with Crippen LogP contribution < -0.4 is 5.32 Å². The lowest BCUT2D eigenvalue weighted by atomic mass is 9.98. The van der Waals surface area contributed by atoms with Gasteiger partial charge in [0.05, 0.1) is 0 Å². The lowest BCUT2D eigenvalue weighted by Crippen LogP contribution is -2.04. The highest BCUT2D eigenvalue weighted by Crippen LogP contribution is 2.21. The molecule has 0 saturated carbocycles. The van der Waals surface area contributed by atoms with E-state index in [2.05, 4.69) is 19.2 Å². The Morgan fingerprint density at radius 1 is 1.00 bits per heavy atom. The summed E-state index contributed by atoms with van der Waals surface area (Å²) in [4.78, 5) is 0. The van der Waals surface area contributed by atoms with Crippen LogP contribution in [-0.2, 0) is 6.54 Å². The van der Waals surface area contributed by atoms with Crippen LogP contribution in [0.25, 0.3) is 0 Å². The standard InChI is InChI=1S/C17H19F2N/c1-3-12(2)13-7-9-14(10-8-13)20-11-15-16(18)5-4-6-17(15)19/h4-10,12,20H,3,11H2,1-2H3. The van der Waals surface area contributed by atoms with Crippen molar-refractivity contribution in [1.82, 2.24) is 0 Å². The molecule has 0 spiro atoms. The van der Waals surface area contributed by atoms with Gasteiger partial charge in [0.1, 0.15) is 11.6 Å². The molecule has 3 heteroatoms. The van der Waals surface area contributed by atoms with E-state index in [9.17, 15) is 8.78 Å². The third-order valence-corrected chi connectivity index (χ3v) is 3.62. The summed E-state index contributed by atoms with van der Waals surface area (Å²) in [6, 6.07) is 11.9. The van der Waals surface area contributed by atoms with Crippen LogP contribution in [0.4, 0.5) is 14.5 Å². The molecule has 0 fully saturated rings. The summed E-state index contributed by atoms with van der Waals surface area (Å²) in [5, 5.41) is 3.05. The molecule has 106 valence electrons. The van der Waals surface area contributed by atoms with E-state index in [1.807, 2.05) is 24.3 Å². The van der Waals surface area contributed by atoms with E-state index in [4.69, 9.17) is 0 Å². The van der Waals surface area contributed by atoms with Gasteiger partial charge in [-0.3, -0.25) is 0 Å². The molecule has 0 bridgehead atoms. The second kappa shape index (κ2) is 6.51. The van der Waals surface area contributed by atoms with Gasteiger partial charge in [-0.15, -0.1) is 0 Å². The molecule has 0 aliphatic rings. The Kier molecular flexibility index (Phi) is 4.72. The minimum atomic E-state index is -0.520. The number of nitrogens with one attached hydrogen (secondary N) is 1. The molecule has 0 radical (unpaired) electrons. The van der Waals surface area contributed by atoms with Crippen molar-refractivity contribution in [3.05, 3.63) is 65.2 Å². The molecule has 1 N–H and O–H groups in total. The molecular weight excluding hydrogens is 256 g/mol. The van der Waals surface area contributed by atoms with Crippen molar-refractivity contribution in [1.29, 1.82) is 0 Å². The number of halogens is 2. The first-order valence-electron chi connectivity index (χ1n) is 6.88. The summed E-state index contributed by atoms with van der Waals surface area (Å²) in [6.07, 6.45) is 1.09. The summed E-state index contributed by atoms with van der Waals surface area (Å²) < 4.78 is 27.0. The molecule has 1 atom stereocenters. The second-order valence-electron chi connectivity index (χ2n) is 4.99. The molecule has 2 aromatic carbocycles. The van der Waals surface area contributed by atoms with Crippen LogP contribution >= 0.6 is 0 Å². The Labute approximate surface area is 118 Å². The SMILES string of the molecule is CCC(C)c1ccc(NCc2c(F)cccc2F)cc1. The molecule has 2 rings (SSSR count). The van der Waals surface area contributed by atoms with E-state index >= 15 is 0 Å². The van der Waals surface area contributed by atoms with E-state index < -0.39 is 11.6 Å². The van der Waals surface area contributed by atoms with E-state index in [0.29, 0.717) is 5.92 Å². The third-order valence-electron chi connectivity index (χ3n) is 3.62. The van der Waals surface area contributed by atoms with Gasteiger partial charge < -0.3 is 5.32 Å². The van der Waals surface area contributed by atoms with Gasteiger partial charge in [-0.25, -0.2) is 8.78 Å². The molecule has 0 heterocycles. The fourth-order valence-corrected chi connectivity index (χ4v) is 2.06. The normalized spacial score (nSPS) is 12.2. The maximum atomic E-state index is 13.5. The molecular formula is C17H19F2N. The second-order valence-corrected chi connectivity index (χ2v) is 4.99. The molecule has 0 aromatic heterocycles. The summed E-state index contributed by atoms with van der Waals surface area (Å²) >= 11 is 0. The van der Waals surface area contributed by atoms with Crippen molar-refractivity contribution in [3.63, 3.8) is 0 Å². The Morgan fingerprint density at radius 2 is 1.60 bits per heavy atom. The largest absolute Gasteiger partial charge is 0.381 e. The predicted octanol–water partition coefficient (Wildman–Crippen LogP) is 5.09. The minimum absolute atomic E-state index is 0.0681. The quantitative estimate of drug-likeness (QED) is 0.801. The van der Waals surface area contributed by atoms with Gasteiger partial charge in [0.25, 0.3) is 0 Å². The lowest BCUT2D eigenvalue weighted by molar-refractivity contribution is 0.560. The number of hydrogen-bond acceptors (Lipinski definition) is 1. The molecule has 0 saturated heterocycles. The van der Waals surface area contributed by atoms with Gasteiger partial charge in [0.15, 0.2) is 0 Å². The van der Waals surface area contributed by atoms with Crippen molar-refractivity contribution in [2.45, 2.75) is 32.7 Å². The highest BCUT2D eigenvalue weighted by Gasteiger charge is 2.08. The monoisotopic (exact) mass is 275 g/mol. The summed E-state index contributed by atoms with van der Waals surface area (Å²) in [5.41, 5.74) is 2.20. The predicted molar refractivity (Wildman–Crippen MR) is 78.8 cm³/mol. The van der Waals surface area contributed by atoms with Crippen LogP contribution in [0.5, 0.6) is 0 Å². The van der Waals surface area contributed by atoms with Gasteiger partial charge in [-0.05, 0) is 42.2 Å². The van der Waals surface area contributed by atoms with Gasteiger partial charge in [-0.2, -0.15) is 0 Å². The van der Waals surface area contributed by atoms with Crippen LogP contribution in [-0.4, -0.2) is 0 Å². The maximum absolute atomic E-state index is 13.5. The Hall–Kier alpha value is -1.90. The highest BCUT2D eigenvalue weighted by molar-refractivity contribution is 5.45. The number of anilines is 1. The van der Waals surface area contributed by atoms with Crippen molar-refractivity contribution in [2.75, 3.05) is 5.32 Å². The van der Waals surface area contributed by atoms with E-state index in [0.717, 1.165) is 12.1 Å². The van der Waals surface area contributed by atoms with E-state index in [-0.39, 0.29) is 12.1 Å². The van der Waals surface area contributed by atoms with Gasteiger partial charge in [-0.1, -0.05) is 32.0 Å². The first kappa shape index (κ1) is 14.5. The van der Waals surface area contributed by atoms with E-state index in [1.165, 1.54) is 23.8 Å². The van der Waals surface area contributed by atoms with Crippen molar-refractivity contribution in [3.8, 4) is 0 Å². The average Bonchev–Trinajstić information content (AvgIpc) is 2.46. The Bertz CT molecular complexity index is 543. The molecule has 0 amide bonds. The van der Waals surface area contributed by atoms with Crippen molar-refractivity contribution >= 4 is 5.69 Å². The zero-order chi connectivity index (χ0) is 14.5.